The predicted octanol–water partition coefficient (Wildman–Crippen LogP) is 2.39. The van der Waals surface area contributed by atoms with Crippen LogP contribution in [0.4, 0.5) is 8.78 Å². The fourth-order valence-electron chi connectivity index (χ4n) is 2.69. The van der Waals surface area contributed by atoms with Gasteiger partial charge in [0.25, 0.3) is 5.91 Å². The molecule has 2 aromatic carbocycles. The van der Waals surface area contributed by atoms with Crippen LogP contribution in [0.25, 0.3) is 0 Å². The van der Waals surface area contributed by atoms with Gasteiger partial charge in [0, 0.05) is 24.2 Å². The van der Waals surface area contributed by atoms with Crippen molar-refractivity contribution in [3.8, 4) is 5.75 Å². The molecule has 1 aliphatic carbocycles. The quantitative estimate of drug-likeness (QED) is 0.700. The number of methoxy groups -OCH3 is 1. The van der Waals surface area contributed by atoms with E-state index in [1.807, 2.05) is 0 Å². The van der Waals surface area contributed by atoms with Crippen molar-refractivity contribution in [2.45, 2.75) is 30.2 Å². The molecule has 150 valence electrons. The summed E-state index contributed by atoms with van der Waals surface area (Å²) in [5.41, 5.74) is 0.548. The molecule has 0 radical (unpaired) electrons. The largest absolute Gasteiger partial charge is 0.495 e. The van der Waals surface area contributed by atoms with Gasteiger partial charge in [0.2, 0.25) is 10.0 Å². The van der Waals surface area contributed by atoms with Crippen LogP contribution in [0.5, 0.6) is 5.75 Å². The minimum atomic E-state index is -3.81. The van der Waals surface area contributed by atoms with E-state index in [9.17, 15) is 22.0 Å². The van der Waals surface area contributed by atoms with Crippen molar-refractivity contribution in [2.24, 2.45) is 0 Å². The van der Waals surface area contributed by atoms with E-state index < -0.39 is 27.6 Å². The Balaban J connectivity index is 1.70. The molecule has 2 N–H and O–H groups in total. The molecule has 28 heavy (non-hydrogen) atoms. The van der Waals surface area contributed by atoms with E-state index in [0.29, 0.717) is 5.56 Å². The van der Waals surface area contributed by atoms with E-state index >= 15 is 0 Å². The van der Waals surface area contributed by atoms with Crippen LogP contribution in [-0.4, -0.2) is 34.0 Å². The molecular formula is C19H20F2N2O4S. The smallest absolute Gasteiger partial charge is 0.251 e. The first kappa shape index (κ1) is 20.2. The van der Waals surface area contributed by atoms with E-state index in [1.165, 1.54) is 37.4 Å². The number of ether oxygens (including phenoxy) is 1. The third-order valence-electron chi connectivity index (χ3n) is 4.24. The number of hydrogen-bond donors (Lipinski definition) is 2. The third-order valence-corrected chi connectivity index (χ3v) is 5.78. The SMILES string of the molecule is COc1ccc(C(=O)NCCc2cc(F)cc(F)c2)cc1S(=O)(=O)NC1CC1. The zero-order valence-corrected chi connectivity index (χ0v) is 16.0. The Morgan fingerprint density at radius 3 is 2.43 bits per heavy atom. The molecule has 0 aromatic heterocycles. The molecule has 0 spiro atoms. The summed E-state index contributed by atoms with van der Waals surface area (Å²) in [6.07, 6.45) is 1.79. The summed E-state index contributed by atoms with van der Waals surface area (Å²) in [5.74, 6) is -1.73. The highest BCUT2D eigenvalue weighted by atomic mass is 32.2. The molecule has 0 atom stereocenters. The Labute approximate surface area is 162 Å². The van der Waals surface area contributed by atoms with Gasteiger partial charge in [-0.3, -0.25) is 4.79 Å². The molecule has 1 fully saturated rings. The number of rotatable bonds is 8. The first-order valence-electron chi connectivity index (χ1n) is 8.72. The Hall–Kier alpha value is -2.52. The van der Waals surface area contributed by atoms with Gasteiger partial charge in [-0.2, -0.15) is 0 Å². The predicted molar refractivity (Wildman–Crippen MR) is 98.7 cm³/mol. The first-order valence-corrected chi connectivity index (χ1v) is 10.2. The van der Waals surface area contributed by atoms with Gasteiger partial charge in [-0.25, -0.2) is 21.9 Å². The molecule has 0 unspecified atom stereocenters. The Morgan fingerprint density at radius 1 is 1.14 bits per heavy atom. The lowest BCUT2D eigenvalue weighted by molar-refractivity contribution is 0.0954. The molecule has 0 aliphatic heterocycles. The second-order valence-electron chi connectivity index (χ2n) is 6.54. The number of carbonyl (C=O) groups excluding carboxylic acids is 1. The number of sulfonamides is 1. The Kier molecular flexibility index (Phi) is 5.95. The van der Waals surface area contributed by atoms with Crippen LogP contribution >= 0.6 is 0 Å². The molecule has 3 rings (SSSR count). The third kappa shape index (κ3) is 5.05. The van der Waals surface area contributed by atoms with Gasteiger partial charge in [-0.05, 0) is 55.2 Å². The lowest BCUT2D eigenvalue weighted by Crippen LogP contribution is -2.28. The van der Waals surface area contributed by atoms with Gasteiger partial charge in [0.1, 0.15) is 22.3 Å². The molecule has 0 bridgehead atoms. The lowest BCUT2D eigenvalue weighted by Gasteiger charge is -2.12. The van der Waals surface area contributed by atoms with Crippen LogP contribution in [0.1, 0.15) is 28.8 Å². The van der Waals surface area contributed by atoms with Crippen molar-refractivity contribution in [1.82, 2.24) is 10.0 Å². The van der Waals surface area contributed by atoms with Gasteiger partial charge in [0.05, 0.1) is 7.11 Å². The molecular weight excluding hydrogens is 390 g/mol. The summed E-state index contributed by atoms with van der Waals surface area (Å²) < 4.78 is 59.1. The molecule has 2 aromatic rings. The zero-order chi connectivity index (χ0) is 20.3. The summed E-state index contributed by atoms with van der Waals surface area (Å²) in [6, 6.07) is 7.19. The number of hydrogen-bond acceptors (Lipinski definition) is 4. The van der Waals surface area contributed by atoms with Crippen molar-refractivity contribution in [1.29, 1.82) is 0 Å². The summed E-state index contributed by atoms with van der Waals surface area (Å²) in [4.78, 5) is 12.3. The maximum atomic E-state index is 13.2. The van der Waals surface area contributed by atoms with Crippen molar-refractivity contribution >= 4 is 15.9 Å². The van der Waals surface area contributed by atoms with Crippen molar-refractivity contribution in [3.05, 3.63) is 59.2 Å². The summed E-state index contributed by atoms with van der Waals surface area (Å²) in [7, 11) is -2.46. The van der Waals surface area contributed by atoms with Crippen LogP contribution in [0.2, 0.25) is 0 Å². The van der Waals surface area contributed by atoms with Crippen LogP contribution < -0.4 is 14.8 Å². The number of amides is 1. The van der Waals surface area contributed by atoms with Crippen molar-refractivity contribution in [2.75, 3.05) is 13.7 Å². The Bertz CT molecular complexity index is 971. The van der Waals surface area contributed by atoms with E-state index in [-0.39, 0.29) is 35.2 Å². The second kappa shape index (κ2) is 8.24. The van der Waals surface area contributed by atoms with Gasteiger partial charge < -0.3 is 10.1 Å². The average molecular weight is 410 g/mol. The van der Waals surface area contributed by atoms with Crippen molar-refractivity contribution < 1.29 is 26.7 Å². The Morgan fingerprint density at radius 2 is 1.82 bits per heavy atom. The number of halogens is 2. The highest BCUT2D eigenvalue weighted by molar-refractivity contribution is 7.89. The van der Waals surface area contributed by atoms with Crippen LogP contribution in [-0.2, 0) is 16.4 Å². The molecule has 0 heterocycles. The van der Waals surface area contributed by atoms with E-state index in [4.69, 9.17) is 4.74 Å². The normalized spacial score (nSPS) is 14.0. The van der Waals surface area contributed by atoms with E-state index in [0.717, 1.165) is 18.9 Å². The second-order valence-corrected chi connectivity index (χ2v) is 8.23. The highest BCUT2D eigenvalue weighted by Gasteiger charge is 2.30. The molecule has 1 amide bonds. The summed E-state index contributed by atoms with van der Waals surface area (Å²) >= 11 is 0. The molecule has 0 saturated heterocycles. The number of benzene rings is 2. The monoisotopic (exact) mass is 410 g/mol. The standard InChI is InChI=1S/C19H20F2N2O4S/c1-27-17-5-2-13(10-18(17)28(25,26)23-16-3-4-16)19(24)22-7-6-12-8-14(20)11-15(21)9-12/h2,5,8-11,16,23H,3-4,6-7H2,1H3,(H,22,24). The summed E-state index contributed by atoms with van der Waals surface area (Å²) in [6.45, 7) is 0.135. The van der Waals surface area contributed by atoms with E-state index in [1.54, 1.807) is 0 Å². The van der Waals surface area contributed by atoms with Crippen LogP contribution in [0, 0.1) is 11.6 Å². The van der Waals surface area contributed by atoms with E-state index in [2.05, 4.69) is 10.0 Å². The van der Waals surface area contributed by atoms with Gasteiger partial charge in [-0.15, -0.1) is 0 Å². The molecule has 9 heteroatoms. The van der Waals surface area contributed by atoms with Crippen LogP contribution in [0.15, 0.2) is 41.3 Å². The summed E-state index contributed by atoms with van der Waals surface area (Å²) in [5, 5.41) is 2.62. The van der Waals surface area contributed by atoms with Gasteiger partial charge in [-0.1, -0.05) is 0 Å². The maximum Gasteiger partial charge on any atom is 0.251 e. The average Bonchev–Trinajstić information content (AvgIpc) is 3.43. The van der Waals surface area contributed by atoms with Crippen molar-refractivity contribution in [3.63, 3.8) is 0 Å². The molecule has 6 nitrogen and oxygen atoms in total. The minimum absolute atomic E-state index is 0.0844. The highest BCUT2D eigenvalue weighted by Crippen LogP contribution is 2.28. The first-order chi connectivity index (χ1) is 13.3. The number of carbonyl (C=O) groups is 1. The fourth-order valence-corrected chi connectivity index (χ4v) is 4.19. The molecule has 1 saturated carbocycles. The minimum Gasteiger partial charge on any atom is -0.495 e. The van der Waals surface area contributed by atoms with Gasteiger partial charge in [0.15, 0.2) is 0 Å². The molecule has 1 aliphatic rings. The topological polar surface area (TPSA) is 84.5 Å². The van der Waals surface area contributed by atoms with Gasteiger partial charge >= 0.3 is 0 Å². The fraction of sp³-hybridized carbons (Fsp3) is 0.316. The maximum absolute atomic E-state index is 13.2. The lowest BCUT2D eigenvalue weighted by atomic mass is 10.1. The zero-order valence-electron chi connectivity index (χ0n) is 15.2. The number of nitrogens with one attached hydrogen (secondary N) is 2. The van der Waals surface area contributed by atoms with Crippen LogP contribution in [0.3, 0.4) is 0 Å².